The molecule has 1 aromatic heterocycles. The average molecular weight is 303 g/mol. The Kier molecular flexibility index (Phi) is 3.48. The lowest BCUT2D eigenvalue weighted by Crippen LogP contribution is -2.56. The van der Waals surface area contributed by atoms with Gasteiger partial charge < -0.3 is 15.7 Å². The van der Waals surface area contributed by atoms with Crippen molar-refractivity contribution >= 4 is 22.5 Å². The number of hydrogen-bond donors (Lipinski definition) is 2. The summed E-state index contributed by atoms with van der Waals surface area (Å²) in [6.45, 7) is 2.64. The molecular weight excluding hydrogens is 285 g/mol. The molecule has 2 heterocycles. The van der Waals surface area contributed by atoms with Crippen molar-refractivity contribution in [3.63, 3.8) is 0 Å². The zero-order chi connectivity index (χ0) is 15.9. The van der Waals surface area contributed by atoms with Gasteiger partial charge in [-0.1, -0.05) is 0 Å². The molecule has 6 heteroatoms. The highest BCUT2D eigenvalue weighted by Crippen LogP contribution is 2.32. The topological polar surface area (TPSA) is 79.5 Å². The fourth-order valence-electron chi connectivity index (χ4n) is 3.01. The zero-order valence-corrected chi connectivity index (χ0v) is 12.3. The number of halogens is 1. The first-order valence-electron chi connectivity index (χ1n) is 7.23. The number of hydrogen-bond acceptors (Lipinski definition) is 4. The van der Waals surface area contributed by atoms with Crippen molar-refractivity contribution in [3.05, 3.63) is 35.8 Å². The Morgan fingerprint density at radius 2 is 2.23 bits per heavy atom. The van der Waals surface area contributed by atoms with Crippen molar-refractivity contribution in [1.82, 2.24) is 4.98 Å². The fourth-order valence-corrected chi connectivity index (χ4v) is 3.01. The summed E-state index contributed by atoms with van der Waals surface area (Å²) in [6, 6.07) is 6.27. The van der Waals surface area contributed by atoms with Crippen LogP contribution in [0.1, 0.15) is 18.5 Å². The largest absolute Gasteiger partial charge is 0.378 e. The molecule has 0 bridgehead atoms. The lowest BCUT2D eigenvalue weighted by atomic mass is 9.91. The summed E-state index contributed by atoms with van der Waals surface area (Å²) in [5.41, 5.74) is 6.02. The minimum atomic E-state index is -1.55. The number of aryl methyl sites for hydroxylation is 1. The summed E-state index contributed by atoms with van der Waals surface area (Å²) in [6.07, 6.45) is 0.979. The molecule has 1 saturated heterocycles. The molecule has 0 spiro atoms. The zero-order valence-electron chi connectivity index (χ0n) is 12.3. The first kappa shape index (κ1) is 14.7. The predicted molar refractivity (Wildman–Crippen MR) is 82.0 cm³/mol. The van der Waals surface area contributed by atoms with E-state index in [4.69, 9.17) is 5.73 Å². The highest BCUT2D eigenvalue weighted by Gasteiger charge is 2.39. The molecule has 3 rings (SSSR count). The minimum Gasteiger partial charge on any atom is -0.378 e. The van der Waals surface area contributed by atoms with Crippen molar-refractivity contribution < 1.29 is 14.3 Å². The molecule has 1 aliphatic heterocycles. The molecule has 0 radical (unpaired) electrons. The van der Waals surface area contributed by atoms with E-state index in [-0.39, 0.29) is 12.4 Å². The second kappa shape index (κ2) is 5.21. The van der Waals surface area contributed by atoms with E-state index in [0.717, 1.165) is 11.4 Å². The Labute approximate surface area is 127 Å². The van der Waals surface area contributed by atoms with Gasteiger partial charge in [0.05, 0.1) is 12.1 Å². The standard InChI is InChI=1S/C16H18FN3O2/c1-10-7-14(12-8-11(17)3-4-13(12)19-10)20-6-2-5-16(22,9-20)15(18)21/h3-4,7-8,22H,2,5-6,9H2,1H3,(H2,18,21)/t16-/m0/s1. The van der Waals surface area contributed by atoms with Gasteiger partial charge in [-0.3, -0.25) is 9.78 Å². The number of aromatic nitrogens is 1. The number of piperidine rings is 1. The second-order valence-corrected chi connectivity index (χ2v) is 5.87. The number of rotatable bonds is 2. The molecule has 0 unspecified atom stereocenters. The summed E-state index contributed by atoms with van der Waals surface area (Å²) in [4.78, 5) is 17.8. The van der Waals surface area contributed by atoms with Gasteiger partial charge in [0, 0.05) is 23.3 Å². The van der Waals surface area contributed by atoms with E-state index in [1.165, 1.54) is 12.1 Å². The monoisotopic (exact) mass is 303 g/mol. The van der Waals surface area contributed by atoms with Gasteiger partial charge in [0.2, 0.25) is 0 Å². The van der Waals surface area contributed by atoms with Crippen LogP contribution in [0.2, 0.25) is 0 Å². The van der Waals surface area contributed by atoms with Crippen LogP contribution in [0.5, 0.6) is 0 Å². The Morgan fingerprint density at radius 3 is 2.95 bits per heavy atom. The first-order valence-corrected chi connectivity index (χ1v) is 7.23. The highest BCUT2D eigenvalue weighted by molar-refractivity contribution is 5.93. The predicted octanol–water partition coefficient (Wildman–Crippen LogP) is 1.50. The van der Waals surface area contributed by atoms with Gasteiger partial charge in [-0.25, -0.2) is 4.39 Å². The van der Waals surface area contributed by atoms with Gasteiger partial charge in [-0.15, -0.1) is 0 Å². The Hall–Kier alpha value is -2.21. The van der Waals surface area contributed by atoms with Crippen LogP contribution in [-0.2, 0) is 4.79 Å². The van der Waals surface area contributed by atoms with Gasteiger partial charge in [-0.05, 0) is 44.0 Å². The third-order valence-electron chi connectivity index (χ3n) is 4.15. The van der Waals surface area contributed by atoms with Crippen LogP contribution in [0, 0.1) is 12.7 Å². The number of fused-ring (bicyclic) bond motifs is 1. The van der Waals surface area contributed by atoms with Crippen LogP contribution >= 0.6 is 0 Å². The number of amides is 1. The van der Waals surface area contributed by atoms with E-state index in [1.807, 2.05) is 17.9 Å². The van der Waals surface area contributed by atoms with E-state index in [2.05, 4.69) is 4.98 Å². The third kappa shape index (κ3) is 2.50. The van der Waals surface area contributed by atoms with Crippen LogP contribution in [0.3, 0.4) is 0 Å². The molecule has 1 aliphatic rings. The van der Waals surface area contributed by atoms with E-state index >= 15 is 0 Å². The van der Waals surface area contributed by atoms with Crippen molar-refractivity contribution in [2.24, 2.45) is 5.73 Å². The lowest BCUT2D eigenvalue weighted by molar-refractivity contribution is -0.137. The van der Waals surface area contributed by atoms with Crippen LogP contribution in [0.4, 0.5) is 10.1 Å². The number of primary amides is 1. The van der Waals surface area contributed by atoms with Crippen LogP contribution in [0.25, 0.3) is 10.9 Å². The number of aliphatic hydroxyl groups is 1. The van der Waals surface area contributed by atoms with Crippen molar-refractivity contribution in [2.75, 3.05) is 18.0 Å². The van der Waals surface area contributed by atoms with Crippen LogP contribution in [-0.4, -0.2) is 34.7 Å². The SMILES string of the molecule is Cc1cc(N2CCC[C@@](O)(C(N)=O)C2)c2cc(F)ccc2n1. The maximum atomic E-state index is 13.6. The quantitative estimate of drug-likeness (QED) is 0.881. The van der Waals surface area contributed by atoms with Gasteiger partial charge >= 0.3 is 0 Å². The Bertz CT molecular complexity index is 749. The van der Waals surface area contributed by atoms with Gasteiger partial charge in [-0.2, -0.15) is 0 Å². The summed E-state index contributed by atoms with van der Waals surface area (Å²) >= 11 is 0. The molecule has 1 amide bonds. The second-order valence-electron chi connectivity index (χ2n) is 5.87. The third-order valence-corrected chi connectivity index (χ3v) is 4.15. The number of benzene rings is 1. The minimum absolute atomic E-state index is 0.109. The first-order chi connectivity index (χ1) is 10.4. The average Bonchev–Trinajstić information content (AvgIpc) is 2.47. The molecule has 1 atom stereocenters. The number of nitrogens with zero attached hydrogens (tertiary/aromatic N) is 2. The smallest absolute Gasteiger partial charge is 0.251 e. The molecule has 22 heavy (non-hydrogen) atoms. The number of carbonyl (C=O) groups is 1. The number of β-amino-alcohol motifs (C(OH)–C–C–N with tert-alkyl or cyclic N) is 1. The highest BCUT2D eigenvalue weighted by atomic mass is 19.1. The van der Waals surface area contributed by atoms with E-state index in [0.29, 0.717) is 30.3 Å². The molecule has 5 nitrogen and oxygen atoms in total. The van der Waals surface area contributed by atoms with Crippen LogP contribution < -0.4 is 10.6 Å². The van der Waals surface area contributed by atoms with Crippen molar-refractivity contribution in [1.29, 1.82) is 0 Å². The number of nitrogens with two attached hydrogens (primary N) is 1. The number of carbonyl (C=O) groups excluding carboxylic acids is 1. The van der Waals surface area contributed by atoms with E-state index in [9.17, 15) is 14.3 Å². The molecular formula is C16H18FN3O2. The molecule has 116 valence electrons. The molecule has 2 aromatic rings. The number of pyridine rings is 1. The molecule has 3 N–H and O–H groups in total. The number of anilines is 1. The van der Waals surface area contributed by atoms with Crippen LogP contribution in [0.15, 0.2) is 24.3 Å². The van der Waals surface area contributed by atoms with E-state index < -0.39 is 11.5 Å². The Morgan fingerprint density at radius 1 is 1.45 bits per heavy atom. The molecule has 0 aliphatic carbocycles. The Balaban J connectivity index is 2.09. The normalized spacial score (nSPS) is 22.0. The van der Waals surface area contributed by atoms with Gasteiger partial charge in [0.15, 0.2) is 5.60 Å². The summed E-state index contributed by atoms with van der Waals surface area (Å²) in [5, 5.41) is 11.0. The van der Waals surface area contributed by atoms with Crippen molar-refractivity contribution in [3.8, 4) is 0 Å². The fraction of sp³-hybridized carbons (Fsp3) is 0.375. The van der Waals surface area contributed by atoms with Gasteiger partial charge in [0.25, 0.3) is 5.91 Å². The molecule has 1 aromatic carbocycles. The summed E-state index contributed by atoms with van der Waals surface area (Å²) < 4.78 is 13.6. The molecule has 1 fully saturated rings. The van der Waals surface area contributed by atoms with Crippen molar-refractivity contribution in [2.45, 2.75) is 25.4 Å². The lowest BCUT2D eigenvalue weighted by Gasteiger charge is -2.38. The maximum absolute atomic E-state index is 13.6. The maximum Gasteiger partial charge on any atom is 0.251 e. The molecule has 0 saturated carbocycles. The summed E-state index contributed by atoms with van der Waals surface area (Å²) in [5.74, 6) is -1.07. The van der Waals surface area contributed by atoms with Gasteiger partial charge in [0.1, 0.15) is 5.82 Å². The summed E-state index contributed by atoms with van der Waals surface area (Å²) in [7, 11) is 0. The van der Waals surface area contributed by atoms with E-state index in [1.54, 1.807) is 6.07 Å².